The SMILES string of the molecule is Cc1nocc1C(=O)Nc1cc(Cl)cc(Cl)c1. The highest BCUT2D eigenvalue weighted by molar-refractivity contribution is 6.35. The number of benzene rings is 1. The summed E-state index contributed by atoms with van der Waals surface area (Å²) in [6, 6.07) is 4.80. The molecule has 0 aliphatic carbocycles. The molecule has 4 nitrogen and oxygen atoms in total. The van der Waals surface area contributed by atoms with Gasteiger partial charge >= 0.3 is 0 Å². The second-order valence-corrected chi connectivity index (χ2v) is 4.30. The van der Waals surface area contributed by atoms with Crippen LogP contribution in [0.1, 0.15) is 16.1 Å². The first-order valence-electron chi connectivity index (χ1n) is 4.74. The van der Waals surface area contributed by atoms with Gasteiger partial charge in [0.25, 0.3) is 5.91 Å². The van der Waals surface area contributed by atoms with Gasteiger partial charge in [0.2, 0.25) is 0 Å². The van der Waals surface area contributed by atoms with Crippen molar-refractivity contribution >= 4 is 34.8 Å². The van der Waals surface area contributed by atoms with Crippen LogP contribution >= 0.6 is 23.2 Å². The Morgan fingerprint density at radius 2 is 1.94 bits per heavy atom. The molecule has 1 heterocycles. The summed E-state index contributed by atoms with van der Waals surface area (Å²) in [4.78, 5) is 11.8. The predicted molar refractivity (Wildman–Crippen MR) is 65.7 cm³/mol. The zero-order chi connectivity index (χ0) is 12.4. The van der Waals surface area contributed by atoms with Crippen LogP contribution in [0.2, 0.25) is 10.0 Å². The fourth-order valence-corrected chi connectivity index (χ4v) is 1.86. The highest BCUT2D eigenvalue weighted by Gasteiger charge is 2.13. The molecule has 6 heteroatoms. The molecule has 0 fully saturated rings. The van der Waals surface area contributed by atoms with E-state index in [0.29, 0.717) is 27.0 Å². The maximum atomic E-state index is 11.8. The number of carbonyl (C=O) groups is 1. The summed E-state index contributed by atoms with van der Waals surface area (Å²) >= 11 is 11.6. The lowest BCUT2D eigenvalue weighted by molar-refractivity contribution is 0.102. The van der Waals surface area contributed by atoms with Gasteiger partial charge < -0.3 is 9.84 Å². The van der Waals surface area contributed by atoms with Crippen molar-refractivity contribution in [2.75, 3.05) is 5.32 Å². The van der Waals surface area contributed by atoms with Crippen LogP contribution < -0.4 is 5.32 Å². The highest BCUT2D eigenvalue weighted by Crippen LogP contribution is 2.23. The third-order valence-corrected chi connectivity index (χ3v) is 2.55. The van der Waals surface area contributed by atoms with Crippen LogP contribution in [0, 0.1) is 6.92 Å². The van der Waals surface area contributed by atoms with E-state index >= 15 is 0 Å². The van der Waals surface area contributed by atoms with Crippen molar-refractivity contribution < 1.29 is 9.32 Å². The average Bonchev–Trinajstić information content (AvgIpc) is 2.62. The number of carbonyl (C=O) groups excluding carboxylic acids is 1. The minimum atomic E-state index is -0.318. The Hall–Kier alpha value is -1.52. The summed E-state index contributed by atoms with van der Waals surface area (Å²) in [5, 5.41) is 7.19. The number of anilines is 1. The number of hydrogen-bond acceptors (Lipinski definition) is 3. The van der Waals surface area contributed by atoms with Gasteiger partial charge in [-0.05, 0) is 25.1 Å². The molecule has 0 spiro atoms. The minimum absolute atomic E-state index is 0.318. The van der Waals surface area contributed by atoms with Crippen molar-refractivity contribution in [2.45, 2.75) is 6.92 Å². The van der Waals surface area contributed by atoms with Crippen molar-refractivity contribution in [2.24, 2.45) is 0 Å². The third-order valence-electron chi connectivity index (χ3n) is 2.12. The summed E-state index contributed by atoms with van der Waals surface area (Å²) in [5.41, 5.74) is 1.42. The lowest BCUT2D eigenvalue weighted by Gasteiger charge is -2.04. The van der Waals surface area contributed by atoms with E-state index in [-0.39, 0.29) is 5.91 Å². The van der Waals surface area contributed by atoms with E-state index in [2.05, 4.69) is 15.0 Å². The summed E-state index contributed by atoms with van der Waals surface area (Å²) in [7, 11) is 0. The number of nitrogens with one attached hydrogen (secondary N) is 1. The second kappa shape index (κ2) is 4.77. The molecule has 0 saturated heterocycles. The molecule has 1 N–H and O–H groups in total. The van der Waals surface area contributed by atoms with Crippen molar-refractivity contribution in [3.63, 3.8) is 0 Å². The first kappa shape index (κ1) is 12.0. The molecule has 0 aliphatic rings. The molecule has 17 heavy (non-hydrogen) atoms. The lowest BCUT2D eigenvalue weighted by Crippen LogP contribution is -2.12. The van der Waals surface area contributed by atoms with Gasteiger partial charge in [-0.3, -0.25) is 4.79 Å². The summed E-state index contributed by atoms with van der Waals surface area (Å²) in [6.45, 7) is 1.68. The molecule has 0 atom stereocenters. The van der Waals surface area contributed by atoms with Crippen LogP contribution in [0.3, 0.4) is 0 Å². The molecular weight excluding hydrogens is 263 g/mol. The van der Waals surface area contributed by atoms with Gasteiger partial charge in [0.15, 0.2) is 0 Å². The summed E-state index contributed by atoms with van der Waals surface area (Å²) in [5.74, 6) is -0.318. The predicted octanol–water partition coefficient (Wildman–Crippen LogP) is 3.54. The van der Waals surface area contributed by atoms with Crippen molar-refractivity contribution in [3.05, 3.63) is 45.8 Å². The molecule has 0 saturated carbocycles. The van der Waals surface area contributed by atoms with Gasteiger partial charge in [-0.15, -0.1) is 0 Å². The van der Waals surface area contributed by atoms with E-state index < -0.39 is 0 Å². The number of aromatic nitrogens is 1. The Kier molecular flexibility index (Phi) is 3.36. The standard InChI is InChI=1S/C11H8Cl2N2O2/c1-6-10(5-17-15-6)11(16)14-9-3-7(12)2-8(13)4-9/h2-5H,1H3,(H,14,16). The van der Waals surface area contributed by atoms with Crippen LogP contribution in [0.15, 0.2) is 29.0 Å². The number of rotatable bonds is 2. The zero-order valence-corrected chi connectivity index (χ0v) is 10.3. The maximum Gasteiger partial charge on any atom is 0.260 e. The molecular formula is C11H8Cl2N2O2. The molecule has 88 valence electrons. The number of aryl methyl sites for hydroxylation is 1. The van der Waals surface area contributed by atoms with Crippen LogP contribution in [0.5, 0.6) is 0 Å². The Labute approximate surface area is 108 Å². The molecule has 0 aliphatic heterocycles. The van der Waals surface area contributed by atoms with E-state index in [0.717, 1.165) is 0 Å². The third kappa shape index (κ3) is 2.78. The van der Waals surface area contributed by atoms with Gasteiger partial charge in [-0.1, -0.05) is 28.4 Å². The van der Waals surface area contributed by atoms with Gasteiger partial charge in [-0.25, -0.2) is 0 Å². The maximum absolute atomic E-state index is 11.8. The molecule has 2 aromatic rings. The van der Waals surface area contributed by atoms with E-state index in [4.69, 9.17) is 23.2 Å². The highest BCUT2D eigenvalue weighted by atomic mass is 35.5. The minimum Gasteiger partial charge on any atom is -0.364 e. The number of amides is 1. The Morgan fingerprint density at radius 3 is 2.47 bits per heavy atom. The number of hydrogen-bond donors (Lipinski definition) is 1. The lowest BCUT2D eigenvalue weighted by atomic mass is 10.2. The monoisotopic (exact) mass is 270 g/mol. The first-order valence-corrected chi connectivity index (χ1v) is 5.50. The van der Waals surface area contributed by atoms with E-state index in [1.807, 2.05) is 0 Å². The quantitative estimate of drug-likeness (QED) is 0.908. The van der Waals surface area contributed by atoms with E-state index in [1.54, 1.807) is 25.1 Å². The van der Waals surface area contributed by atoms with Gasteiger partial charge in [0, 0.05) is 15.7 Å². The molecule has 1 aromatic heterocycles. The summed E-state index contributed by atoms with van der Waals surface area (Å²) < 4.78 is 4.69. The van der Waals surface area contributed by atoms with Crippen LogP contribution in [-0.4, -0.2) is 11.1 Å². The Balaban J connectivity index is 2.21. The fourth-order valence-electron chi connectivity index (χ4n) is 1.33. The fraction of sp³-hybridized carbons (Fsp3) is 0.0909. The Bertz CT molecular complexity index is 546. The Morgan fingerprint density at radius 1 is 1.29 bits per heavy atom. The van der Waals surface area contributed by atoms with Crippen LogP contribution in [0.25, 0.3) is 0 Å². The molecule has 0 bridgehead atoms. The van der Waals surface area contributed by atoms with E-state index in [1.165, 1.54) is 6.26 Å². The molecule has 0 unspecified atom stereocenters. The van der Waals surface area contributed by atoms with Crippen molar-refractivity contribution in [1.82, 2.24) is 5.16 Å². The average molecular weight is 271 g/mol. The largest absolute Gasteiger partial charge is 0.364 e. The second-order valence-electron chi connectivity index (χ2n) is 3.43. The normalized spacial score (nSPS) is 10.3. The van der Waals surface area contributed by atoms with Crippen LogP contribution in [0.4, 0.5) is 5.69 Å². The zero-order valence-electron chi connectivity index (χ0n) is 8.83. The van der Waals surface area contributed by atoms with Gasteiger partial charge in [0.1, 0.15) is 11.8 Å². The van der Waals surface area contributed by atoms with Crippen LogP contribution in [-0.2, 0) is 0 Å². The topological polar surface area (TPSA) is 55.1 Å². The van der Waals surface area contributed by atoms with Crippen molar-refractivity contribution in [1.29, 1.82) is 0 Å². The number of halogens is 2. The molecule has 2 rings (SSSR count). The summed E-state index contributed by atoms with van der Waals surface area (Å²) in [6.07, 6.45) is 1.29. The van der Waals surface area contributed by atoms with E-state index in [9.17, 15) is 4.79 Å². The molecule has 0 radical (unpaired) electrons. The molecule has 1 amide bonds. The smallest absolute Gasteiger partial charge is 0.260 e. The van der Waals surface area contributed by atoms with Gasteiger partial charge in [-0.2, -0.15) is 0 Å². The van der Waals surface area contributed by atoms with Gasteiger partial charge in [0.05, 0.1) is 5.69 Å². The van der Waals surface area contributed by atoms with Crippen molar-refractivity contribution in [3.8, 4) is 0 Å². The number of nitrogens with zero attached hydrogens (tertiary/aromatic N) is 1. The first-order chi connectivity index (χ1) is 8.06. The molecule has 1 aromatic carbocycles.